The van der Waals surface area contributed by atoms with E-state index in [9.17, 15) is 30.1 Å². The summed E-state index contributed by atoms with van der Waals surface area (Å²) in [5.41, 5.74) is 1.39. The van der Waals surface area contributed by atoms with Crippen molar-refractivity contribution in [3.63, 3.8) is 0 Å². The van der Waals surface area contributed by atoms with Gasteiger partial charge in [-0.05, 0) is 53.1 Å². The van der Waals surface area contributed by atoms with Gasteiger partial charge in [-0.1, -0.05) is 78.9 Å². The lowest BCUT2D eigenvalue weighted by atomic mass is 9.80. The van der Waals surface area contributed by atoms with Crippen molar-refractivity contribution in [3.05, 3.63) is 188 Å². The van der Waals surface area contributed by atoms with Gasteiger partial charge in [-0.15, -0.1) is 0 Å². The van der Waals surface area contributed by atoms with Gasteiger partial charge in [0, 0.05) is 12.1 Å². The van der Waals surface area contributed by atoms with E-state index < -0.39 is 59.5 Å². The number of benzene rings is 5. The average Bonchev–Trinajstić information content (AvgIpc) is 3.93. The fourth-order valence-electron chi connectivity index (χ4n) is 7.85. The molecule has 1 fully saturated rings. The Balaban J connectivity index is 1.10. The number of carbonyl (C=O) groups excluding carboxylic acids is 1. The van der Waals surface area contributed by atoms with Crippen molar-refractivity contribution in [1.29, 1.82) is 0 Å². The van der Waals surface area contributed by atoms with Gasteiger partial charge in [-0.3, -0.25) is 30.1 Å². The maximum absolute atomic E-state index is 13.0. The van der Waals surface area contributed by atoms with Crippen LogP contribution in [0.3, 0.4) is 0 Å². The number of nitro benzene ring substituents is 2. The van der Waals surface area contributed by atoms with Gasteiger partial charge in [0.05, 0.1) is 54.7 Å². The molecule has 20 heteroatoms. The third kappa shape index (κ3) is 9.74. The fourth-order valence-corrected chi connectivity index (χ4v) is 7.85. The molecule has 8 rings (SSSR count). The molecule has 2 N–H and O–H groups in total. The van der Waals surface area contributed by atoms with E-state index in [2.05, 4.69) is 20.3 Å². The number of ether oxygens (including phenoxy) is 7. The zero-order valence-corrected chi connectivity index (χ0v) is 35.9. The minimum atomic E-state index is -1.38. The van der Waals surface area contributed by atoms with E-state index in [1.165, 1.54) is 41.5 Å². The summed E-state index contributed by atoms with van der Waals surface area (Å²) in [6.45, 7) is -1.20. The molecule has 4 atom stereocenters. The zero-order valence-electron chi connectivity index (χ0n) is 35.9. The number of nitrogens with zero attached hydrogens (tertiary/aromatic N) is 6. The lowest BCUT2D eigenvalue weighted by molar-refractivity contribution is -0.386. The molecule has 0 aliphatic carbocycles. The van der Waals surface area contributed by atoms with Crippen molar-refractivity contribution in [2.24, 2.45) is 0 Å². The largest absolute Gasteiger partial charge is 0.497 e. The summed E-state index contributed by atoms with van der Waals surface area (Å²) in [5.74, 6) is 1.21. The van der Waals surface area contributed by atoms with Crippen molar-refractivity contribution < 1.29 is 52.9 Å². The summed E-state index contributed by atoms with van der Waals surface area (Å²) in [5, 5.41) is 37.8. The minimum absolute atomic E-state index is 0.0494. The predicted molar refractivity (Wildman–Crippen MR) is 238 cm³/mol. The third-order valence-electron chi connectivity index (χ3n) is 11.1. The molecular formula is C47H43N7O13. The van der Waals surface area contributed by atoms with Crippen molar-refractivity contribution in [1.82, 2.24) is 19.5 Å². The molecule has 0 spiro atoms. The van der Waals surface area contributed by atoms with Crippen molar-refractivity contribution >= 4 is 34.4 Å². The van der Waals surface area contributed by atoms with Crippen LogP contribution < -0.4 is 14.8 Å². The first-order chi connectivity index (χ1) is 32.6. The van der Waals surface area contributed by atoms with E-state index in [4.69, 9.17) is 33.2 Å². The van der Waals surface area contributed by atoms with Crippen molar-refractivity contribution in [2.75, 3.05) is 32.9 Å². The Morgan fingerprint density at radius 1 is 0.761 bits per heavy atom. The van der Waals surface area contributed by atoms with Gasteiger partial charge in [0.1, 0.15) is 55.1 Å². The van der Waals surface area contributed by atoms with Crippen LogP contribution in [0.25, 0.3) is 11.2 Å². The number of methoxy groups -OCH3 is 2. The number of amides is 1. The van der Waals surface area contributed by atoms with Gasteiger partial charge >= 0.3 is 6.09 Å². The Bertz CT molecular complexity index is 2780. The van der Waals surface area contributed by atoms with Crippen LogP contribution in [0.2, 0.25) is 0 Å². The molecule has 1 amide bonds. The van der Waals surface area contributed by atoms with Crippen molar-refractivity contribution in [2.45, 2.75) is 43.4 Å². The van der Waals surface area contributed by atoms with Gasteiger partial charge in [-0.2, -0.15) is 0 Å². The maximum atomic E-state index is 13.0. The monoisotopic (exact) mass is 913 g/mol. The number of aromatic nitrogens is 4. The fraction of sp³-hybridized carbons (Fsp3) is 0.234. The van der Waals surface area contributed by atoms with Crippen LogP contribution in [0.1, 0.15) is 34.0 Å². The number of para-hydroxylation sites is 2. The molecule has 0 saturated carbocycles. The number of nitro groups is 2. The number of fused-ring (bicyclic) bond motifs is 1. The smallest absolute Gasteiger partial charge is 0.413 e. The molecule has 1 aliphatic heterocycles. The zero-order chi connectivity index (χ0) is 46.9. The topological polar surface area (TPSA) is 244 Å². The normalized spacial score (nSPS) is 16.9. The van der Waals surface area contributed by atoms with Crippen LogP contribution in [0.4, 0.5) is 22.0 Å². The molecule has 1 saturated heterocycles. The number of hydrogen-bond donors (Lipinski definition) is 2. The van der Waals surface area contributed by atoms with Gasteiger partial charge in [0.15, 0.2) is 23.2 Å². The Labute approximate surface area is 381 Å². The number of aliphatic hydroxyl groups is 1. The van der Waals surface area contributed by atoms with Crippen LogP contribution in [-0.2, 0) is 42.5 Å². The highest BCUT2D eigenvalue weighted by molar-refractivity contribution is 5.93. The second-order valence-corrected chi connectivity index (χ2v) is 15.0. The second-order valence-electron chi connectivity index (χ2n) is 15.0. The standard InChI is InChI=1S/C47H43N7O13/c1-61-35-20-16-33(17-21-35)47(32-12-4-3-5-13-32,34-18-22-36(62-2)23-19-34)66-26-39-41(55)42(65-29-63-24-30-10-6-8-14-37(30)53(57)58)45(67-39)52-28-50-40-43(48-27-49-44(40)52)51-46(56)64-25-31-11-7-9-15-38(31)54(59)60/h3-23,27-28,39,41-42,45,55H,24-26,29H2,1-2H3,(H,48,49,51,56)/t39-,41-,42-,45-/m1/s1. The Morgan fingerprint density at radius 2 is 1.33 bits per heavy atom. The molecule has 5 aromatic carbocycles. The van der Waals surface area contributed by atoms with E-state index in [0.717, 1.165) is 16.7 Å². The van der Waals surface area contributed by atoms with Gasteiger partial charge in [0.25, 0.3) is 11.4 Å². The van der Waals surface area contributed by atoms with Gasteiger partial charge in [-0.25, -0.2) is 19.7 Å². The number of anilines is 1. The molecule has 7 aromatic rings. The summed E-state index contributed by atoms with van der Waals surface area (Å²) < 4.78 is 43.5. The highest BCUT2D eigenvalue weighted by Crippen LogP contribution is 2.43. The highest BCUT2D eigenvalue weighted by atomic mass is 16.7. The Hall–Kier alpha value is -7.88. The molecule has 2 aromatic heterocycles. The number of aliphatic hydroxyl groups excluding tert-OH is 1. The van der Waals surface area contributed by atoms with Crippen LogP contribution in [0.5, 0.6) is 11.5 Å². The summed E-state index contributed by atoms with van der Waals surface area (Å²) in [6, 6.07) is 36.5. The summed E-state index contributed by atoms with van der Waals surface area (Å²) in [4.78, 5) is 48.1. The van der Waals surface area contributed by atoms with Gasteiger partial charge < -0.3 is 38.3 Å². The molecule has 344 valence electrons. The maximum Gasteiger partial charge on any atom is 0.413 e. The number of carbonyl (C=O) groups is 1. The van der Waals surface area contributed by atoms with E-state index in [0.29, 0.717) is 17.1 Å². The van der Waals surface area contributed by atoms with E-state index in [-0.39, 0.29) is 47.1 Å². The molecule has 0 radical (unpaired) electrons. The number of rotatable bonds is 19. The number of nitrogens with one attached hydrogen (secondary N) is 1. The van der Waals surface area contributed by atoms with E-state index in [1.54, 1.807) is 38.5 Å². The number of hydrogen-bond acceptors (Lipinski definition) is 16. The summed E-state index contributed by atoms with van der Waals surface area (Å²) in [7, 11) is 3.16. The summed E-state index contributed by atoms with van der Waals surface area (Å²) >= 11 is 0. The van der Waals surface area contributed by atoms with E-state index >= 15 is 0 Å². The van der Waals surface area contributed by atoms with Crippen LogP contribution >= 0.6 is 0 Å². The first kappa shape index (κ1) is 45.7. The predicted octanol–water partition coefficient (Wildman–Crippen LogP) is 7.24. The van der Waals surface area contributed by atoms with Crippen LogP contribution in [0, 0.1) is 20.2 Å². The highest BCUT2D eigenvalue weighted by Gasteiger charge is 2.48. The first-order valence-corrected chi connectivity index (χ1v) is 20.7. The lowest BCUT2D eigenvalue weighted by Gasteiger charge is -2.37. The lowest BCUT2D eigenvalue weighted by Crippen LogP contribution is -2.40. The molecule has 20 nitrogen and oxygen atoms in total. The van der Waals surface area contributed by atoms with E-state index in [1.807, 2.05) is 78.9 Å². The number of imidazole rings is 1. The van der Waals surface area contributed by atoms with Crippen LogP contribution in [-0.4, -0.2) is 86.5 Å². The SMILES string of the molecule is COc1ccc(C(OC[C@H]2O[C@@H](n3cnc4c(NC(=O)OCc5ccccc5[N+](=O)[O-])ncnc43)[C@H](OCOCc3ccccc3[N+](=O)[O-])[C@@H]2O)(c2ccccc2)c2ccc(OC)cc2)cc1. The van der Waals surface area contributed by atoms with Crippen LogP contribution in [0.15, 0.2) is 140 Å². The van der Waals surface area contributed by atoms with Gasteiger partial charge in [0.2, 0.25) is 0 Å². The average molecular weight is 914 g/mol. The second kappa shape index (κ2) is 20.5. The molecule has 0 bridgehead atoms. The Morgan fingerprint density at radius 3 is 1.93 bits per heavy atom. The minimum Gasteiger partial charge on any atom is -0.497 e. The van der Waals surface area contributed by atoms with Crippen molar-refractivity contribution in [3.8, 4) is 11.5 Å². The molecule has 67 heavy (non-hydrogen) atoms. The molecule has 0 unspecified atom stereocenters. The molecule has 1 aliphatic rings. The molecule has 3 heterocycles. The Kier molecular flexibility index (Phi) is 14.0. The third-order valence-corrected chi connectivity index (χ3v) is 11.1. The first-order valence-electron chi connectivity index (χ1n) is 20.7. The quantitative estimate of drug-likeness (QED) is 0.0267. The molecular weight excluding hydrogens is 871 g/mol. The summed E-state index contributed by atoms with van der Waals surface area (Å²) in [6.07, 6.45) is -3.20.